The molecule has 0 radical (unpaired) electrons. The van der Waals surface area contributed by atoms with Gasteiger partial charge in [-0.1, -0.05) is 0 Å². The average Bonchev–Trinajstić information content (AvgIpc) is 2.74. The van der Waals surface area contributed by atoms with Crippen LogP contribution >= 0.6 is 0 Å². The lowest BCUT2D eigenvalue weighted by atomic mass is 10.0. The van der Waals surface area contributed by atoms with Gasteiger partial charge in [0.15, 0.2) is 0 Å². The highest BCUT2D eigenvalue weighted by molar-refractivity contribution is 5.67. The van der Waals surface area contributed by atoms with Crippen LogP contribution in [0.3, 0.4) is 0 Å². The highest BCUT2D eigenvalue weighted by Gasteiger charge is 2.24. The van der Waals surface area contributed by atoms with E-state index in [4.69, 9.17) is 10.8 Å². The molecule has 2 heterocycles. The largest absolute Gasteiger partial charge is 0.481 e. The topological polar surface area (TPSA) is 92.3 Å². The minimum atomic E-state index is -0.931. The molecule has 3 N–H and O–H groups in total. The zero-order valence-corrected chi connectivity index (χ0v) is 11.3. The number of hydrogen-bond acceptors (Lipinski definition) is 5. The van der Waals surface area contributed by atoms with Crippen LogP contribution in [-0.2, 0) is 4.79 Å². The van der Waals surface area contributed by atoms with E-state index in [1.54, 1.807) is 0 Å². The Kier molecular flexibility index (Phi) is 4.11. The number of likely N-dealkylation sites (tertiary alicyclic amines) is 1. The first kappa shape index (κ1) is 13.9. The van der Waals surface area contributed by atoms with E-state index >= 15 is 0 Å². The van der Waals surface area contributed by atoms with E-state index in [0.717, 1.165) is 30.9 Å². The number of carboxylic acid groups (broad SMARTS) is 1. The molecule has 1 aromatic rings. The number of aryl methyl sites for hydroxylation is 1. The molecule has 2 unspecified atom stereocenters. The number of aliphatic carboxylic acids is 1. The van der Waals surface area contributed by atoms with E-state index in [1.807, 2.05) is 13.0 Å². The molecule has 6 nitrogen and oxygen atoms in total. The molecule has 6 heteroatoms. The zero-order chi connectivity index (χ0) is 14.0. The van der Waals surface area contributed by atoms with Crippen molar-refractivity contribution >= 4 is 5.97 Å². The summed E-state index contributed by atoms with van der Waals surface area (Å²) in [6, 6.07) is 1.33. The molecule has 19 heavy (non-hydrogen) atoms. The third kappa shape index (κ3) is 3.48. The van der Waals surface area contributed by atoms with Crippen LogP contribution in [0.25, 0.3) is 0 Å². The van der Waals surface area contributed by atoms with Crippen molar-refractivity contribution in [3.63, 3.8) is 0 Å². The maximum absolute atomic E-state index is 10.7. The third-order valence-corrected chi connectivity index (χ3v) is 3.43. The van der Waals surface area contributed by atoms with E-state index < -0.39 is 12.0 Å². The lowest BCUT2D eigenvalue weighted by molar-refractivity contribution is -0.137. The second-order valence-electron chi connectivity index (χ2n) is 5.24. The standard InChI is InChI=1S/C13H20N4O2/c1-8-5-11(9-3-4-17(2)7-9)16-13(15-8)10(14)6-12(18)19/h5,9-10H,3-4,6-7,14H2,1-2H3,(H,18,19). The molecule has 1 aliphatic heterocycles. The van der Waals surface area contributed by atoms with Gasteiger partial charge in [-0.05, 0) is 33.0 Å². The summed E-state index contributed by atoms with van der Waals surface area (Å²) in [7, 11) is 2.09. The Morgan fingerprint density at radius 3 is 2.95 bits per heavy atom. The van der Waals surface area contributed by atoms with Crippen LogP contribution in [0.5, 0.6) is 0 Å². The zero-order valence-electron chi connectivity index (χ0n) is 11.3. The average molecular weight is 264 g/mol. The van der Waals surface area contributed by atoms with Gasteiger partial charge in [0.05, 0.1) is 12.5 Å². The molecule has 0 aromatic carbocycles. The number of hydrogen-bond donors (Lipinski definition) is 2. The number of carbonyl (C=O) groups is 1. The van der Waals surface area contributed by atoms with E-state index in [2.05, 4.69) is 21.9 Å². The van der Waals surface area contributed by atoms with Gasteiger partial charge < -0.3 is 15.7 Å². The van der Waals surface area contributed by atoms with Crippen molar-refractivity contribution in [3.8, 4) is 0 Å². The van der Waals surface area contributed by atoms with Gasteiger partial charge in [-0.2, -0.15) is 0 Å². The van der Waals surface area contributed by atoms with Gasteiger partial charge in [0, 0.05) is 23.9 Å². The number of carboxylic acids is 1. The Morgan fingerprint density at radius 2 is 2.37 bits per heavy atom. The van der Waals surface area contributed by atoms with Crippen LogP contribution in [0.15, 0.2) is 6.07 Å². The molecule has 1 aliphatic rings. The minimum Gasteiger partial charge on any atom is -0.481 e. The summed E-state index contributed by atoms with van der Waals surface area (Å²) in [5.74, 6) is -0.103. The predicted molar refractivity (Wildman–Crippen MR) is 70.8 cm³/mol. The molecule has 2 atom stereocenters. The molecule has 1 aromatic heterocycles. The SMILES string of the molecule is Cc1cc(C2CCN(C)C2)nc(C(N)CC(=O)O)n1. The second kappa shape index (κ2) is 5.63. The summed E-state index contributed by atoms with van der Waals surface area (Å²) in [6.07, 6.45) is 0.925. The number of likely N-dealkylation sites (N-methyl/N-ethyl adjacent to an activating group) is 1. The van der Waals surface area contributed by atoms with Crippen molar-refractivity contribution in [2.45, 2.75) is 31.7 Å². The first-order valence-corrected chi connectivity index (χ1v) is 6.47. The van der Waals surface area contributed by atoms with Gasteiger partial charge in [-0.3, -0.25) is 4.79 Å². The van der Waals surface area contributed by atoms with E-state index in [9.17, 15) is 4.79 Å². The Hall–Kier alpha value is -1.53. The fraction of sp³-hybridized carbons (Fsp3) is 0.615. The Morgan fingerprint density at radius 1 is 1.63 bits per heavy atom. The van der Waals surface area contributed by atoms with Gasteiger partial charge in [-0.15, -0.1) is 0 Å². The molecular weight excluding hydrogens is 244 g/mol. The molecule has 0 amide bonds. The van der Waals surface area contributed by atoms with Crippen LogP contribution < -0.4 is 5.73 Å². The molecule has 1 fully saturated rings. The quantitative estimate of drug-likeness (QED) is 0.830. The molecule has 0 bridgehead atoms. The first-order chi connectivity index (χ1) is 8.95. The summed E-state index contributed by atoms with van der Waals surface area (Å²) in [5, 5.41) is 8.79. The lowest BCUT2D eigenvalue weighted by Gasteiger charge is -2.14. The Bertz CT molecular complexity index is 478. The number of rotatable bonds is 4. The van der Waals surface area contributed by atoms with Gasteiger partial charge >= 0.3 is 5.97 Å². The second-order valence-corrected chi connectivity index (χ2v) is 5.24. The van der Waals surface area contributed by atoms with Crippen molar-refractivity contribution in [1.82, 2.24) is 14.9 Å². The fourth-order valence-corrected chi connectivity index (χ4v) is 2.45. The van der Waals surface area contributed by atoms with E-state index in [-0.39, 0.29) is 6.42 Å². The molecule has 0 spiro atoms. The monoisotopic (exact) mass is 264 g/mol. The number of nitrogens with two attached hydrogens (primary N) is 1. The van der Waals surface area contributed by atoms with Crippen molar-refractivity contribution < 1.29 is 9.90 Å². The summed E-state index contributed by atoms with van der Waals surface area (Å²) >= 11 is 0. The molecule has 1 saturated heterocycles. The van der Waals surface area contributed by atoms with Gasteiger partial charge in [0.1, 0.15) is 5.82 Å². The van der Waals surface area contributed by atoms with Crippen LogP contribution in [0.2, 0.25) is 0 Å². The normalized spacial score (nSPS) is 21.5. The van der Waals surface area contributed by atoms with Crippen molar-refractivity contribution in [2.24, 2.45) is 5.73 Å². The summed E-state index contributed by atoms with van der Waals surface area (Å²) < 4.78 is 0. The fourth-order valence-electron chi connectivity index (χ4n) is 2.45. The summed E-state index contributed by atoms with van der Waals surface area (Å²) in [5.41, 5.74) is 7.67. The number of nitrogens with zero attached hydrogens (tertiary/aromatic N) is 3. The van der Waals surface area contributed by atoms with E-state index in [0.29, 0.717) is 11.7 Å². The molecule has 0 aliphatic carbocycles. The van der Waals surface area contributed by atoms with Crippen molar-refractivity contribution in [2.75, 3.05) is 20.1 Å². The molecular formula is C13H20N4O2. The summed E-state index contributed by atoms with van der Waals surface area (Å²) in [4.78, 5) is 21.7. The number of aromatic nitrogens is 2. The van der Waals surface area contributed by atoms with Gasteiger partial charge in [0.25, 0.3) is 0 Å². The maximum Gasteiger partial charge on any atom is 0.305 e. The molecule has 0 saturated carbocycles. The Balaban J connectivity index is 2.21. The van der Waals surface area contributed by atoms with Crippen LogP contribution in [0.4, 0.5) is 0 Å². The lowest BCUT2D eigenvalue weighted by Crippen LogP contribution is -2.20. The predicted octanol–water partition coefficient (Wildman–Crippen LogP) is 0.679. The molecule has 2 rings (SSSR count). The summed E-state index contributed by atoms with van der Waals surface area (Å²) in [6.45, 7) is 3.93. The smallest absolute Gasteiger partial charge is 0.305 e. The first-order valence-electron chi connectivity index (χ1n) is 6.47. The van der Waals surface area contributed by atoms with Crippen LogP contribution in [-0.4, -0.2) is 46.1 Å². The van der Waals surface area contributed by atoms with Crippen molar-refractivity contribution in [1.29, 1.82) is 0 Å². The Labute approximate surface area is 112 Å². The van der Waals surface area contributed by atoms with Gasteiger partial charge in [-0.25, -0.2) is 9.97 Å². The van der Waals surface area contributed by atoms with Crippen molar-refractivity contribution in [3.05, 3.63) is 23.3 Å². The minimum absolute atomic E-state index is 0.145. The van der Waals surface area contributed by atoms with Gasteiger partial charge in [0.2, 0.25) is 0 Å². The van der Waals surface area contributed by atoms with E-state index in [1.165, 1.54) is 0 Å². The van der Waals surface area contributed by atoms with Crippen LogP contribution in [0.1, 0.15) is 42.0 Å². The molecule has 104 valence electrons. The van der Waals surface area contributed by atoms with Crippen LogP contribution in [0, 0.1) is 6.92 Å². The third-order valence-electron chi connectivity index (χ3n) is 3.43. The highest BCUT2D eigenvalue weighted by atomic mass is 16.4. The highest BCUT2D eigenvalue weighted by Crippen LogP contribution is 2.26. The maximum atomic E-state index is 10.7.